The average Bonchev–Trinajstić information content (AvgIpc) is 2.48. The van der Waals surface area contributed by atoms with E-state index in [4.69, 9.17) is 0 Å². The van der Waals surface area contributed by atoms with Gasteiger partial charge in [-0.15, -0.1) is 0 Å². The number of hydrogen-bond donors (Lipinski definition) is 1. The maximum atomic E-state index is 11.8. The zero-order chi connectivity index (χ0) is 11.6. The van der Waals surface area contributed by atoms with Gasteiger partial charge in [0, 0.05) is 12.5 Å². The summed E-state index contributed by atoms with van der Waals surface area (Å²) < 4.78 is 26.1. The summed E-state index contributed by atoms with van der Waals surface area (Å²) >= 11 is 0. The van der Waals surface area contributed by atoms with E-state index in [0.717, 1.165) is 11.1 Å². The highest BCUT2D eigenvalue weighted by Gasteiger charge is 2.21. The maximum Gasteiger partial charge on any atom is 0.237 e. The first-order valence-corrected chi connectivity index (χ1v) is 6.40. The predicted octanol–water partition coefficient (Wildman–Crippen LogP) is 2.10. The lowest BCUT2D eigenvalue weighted by Crippen LogP contribution is -2.30. The first-order chi connectivity index (χ1) is 6.83. The fourth-order valence-corrected chi connectivity index (χ4v) is 2.73. The zero-order valence-corrected chi connectivity index (χ0v) is 10.2. The van der Waals surface area contributed by atoms with Crippen LogP contribution in [0.1, 0.15) is 27.2 Å². The van der Waals surface area contributed by atoms with Crippen molar-refractivity contribution in [3.63, 3.8) is 0 Å². The van der Waals surface area contributed by atoms with Gasteiger partial charge >= 0.3 is 0 Å². The van der Waals surface area contributed by atoms with Gasteiger partial charge in [-0.3, -0.25) is 0 Å². The minimum Gasteiger partial charge on any atom is -0.209 e. The summed E-state index contributed by atoms with van der Waals surface area (Å²) in [4.78, 5) is 0.425. The summed E-state index contributed by atoms with van der Waals surface area (Å²) in [5, 5.41) is 0. The Morgan fingerprint density at radius 2 is 2.13 bits per heavy atom. The molecule has 4 heteroatoms. The van der Waals surface area contributed by atoms with E-state index < -0.39 is 10.0 Å². The largest absolute Gasteiger partial charge is 0.237 e. The Kier molecular flexibility index (Phi) is 3.52. The molecule has 0 unspecified atom stereocenters. The average molecular weight is 227 g/mol. The first kappa shape index (κ1) is 12.2. The molecule has 0 fully saturated rings. The van der Waals surface area contributed by atoms with Crippen LogP contribution in [0, 0.1) is 0 Å². The molecular formula is C11H17NO2S. The Labute approximate surface area is 91.6 Å². The molecule has 1 rings (SSSR count). The van der Waals surface area contributed by atoms with Crippen LogP contribution < -0.4 is 4.72 Å². The van der Waals surface area contributed by atoms with Crippen LogP contribution in [0.2, 0.25) is 0 Å². The Morgan fingerprint density at radius 3 is 2.53 bits per heavy atom. The van der Waals surface area contributed by atoms with Crippen LogP contribution in [0.4, 0.5) is 0 Å². The number of hydrogen-bond acceptors (Lipinski definition) is 2. The summed E-state index contributed by atoms with van der Waals surface area (Å²) in [5.41, 5.74) is 1.81. The highest BCUT2D eigenvalue weighted by atomic mass is 32.2. The van der Waals surface area contributed by atoms with Gasteiger partial charge in [-0.05, 0) is 32.4 Å². The lowest BCUT2D eigenvalue weighted by atomic mass is 10.1. The van der Waals surface area contributed by atoms with Crippen LogP contribution in [0.3, 0.4) is 0 Å². The molecule has 1 aliphatic rings. The Morgan fingerprint density at radius 1 is 1.53 bits per heavy atom. The van der Waals surface area contributed by atoms with Crippen molar-refractivity contribution >= 4 is 10.0 Å². The molecule has 0 aromatic heterocycles. The molecule has 0 heterocycles. The summed E-state index contributed by atoms with van der Waals surface area (Å²) in [5.74, 6) is 0. The normalized spacial score (nSPS) is 16.5. The standard InChI is InChI=1S/C11H17NO2S/c1-8(2)10-5-6-11(7-10)15(13,14)12-9(3)4/h5,7,9,12H,1,6H2,2-4H3. The minimum absolute atomic E-state index is 0.0789. The van der Waals surface area contributed by atoms with E-state index in [1.165, 1.54) is 0 Å². The smallest absolute Gasteiger partial charge is 0.209 e. The maximum absolute atomic E-state index is 11.8. The van der Waals surface area contributed by atoms with Crippen molar-refractivity contribution in [3.8, 4) is 0 Å². The Hall–Kier alpha value is -0.870. The number of allylic oxidation sites excluding steroid dienone is 5. The lowest BCUT2D eigenvalue weighted by Gasteiger charge is -2.09. The minimum atomic E-state index is -3.31. The summed E-state index contributed by atoms with van der Waals surface area (Å²) in [6, 6.07) is -0.0789. The SMILES string of the molecule is C=C(C)C1=CCC(S(=O)(=O)NC(C)C)=C1. The van der Waals surface area contributed by atoms with Crippen LogP contribution >= 0.6 is 0 Å². The molecule has 84 valence electrons. The van der Waals surface area contributed by atoms with E-state index in [1.807, 2.05) is 13.0 Å². The van der Waals surface area contributed by atoms with Gasteiger partial charge in [0.15, 0.2) is 0 Å². The van der Waals surface area contributed by atoms with Gasteiger partial charge in [-0.2, -0.15) is 0 Å². The third kappa shape index (κ3) is 3.04. The Balaban J connectivity index is 2.86. The molecular weight excluding hydrogens is 210 g/mol. The van der Waals surface area contributed by atoms with Crippen molar-refractivity contribution in [2.45, 2.75) is 33.2 Å². The van der Waals surface area contributed by atoms with Crippen molar-refractivity contribution in [1.29, 1.82) is 0 Å². The molecule has 0 radical (unpaired) electrons. The highest BCUT2D eigenvalue weighted by molar-refractivity contribution is 7.93. The lowest BCUT2D eigenvalue weighted by molar-refractivity contribution is 0.575. The molecule has 0 aromatic rings. The van der Waals surface area contributed by atoms with Gasteiger partial charge in [0.1, 0.15) is 0 Å². The van der Waals surface area contributed by atoms with Gasteiger partial charge in [0.2, 0.25) is 10.0 Å². The fraction of sp³-hybridized carbons (Fsp3) is 0.455. The quantitative estimate of drug-likeness (QED) is 0.799. The number of sulfonamides is 1. The van der Waals surface area contributed by atoms with Crippen LogP contribution in [-0.2, 0) is 10.0 Å². The summed E-state index contributed by atoms with van der Waals surface area (Å²) in [6.07, 6.45) is 4.04. The molecule has 1 N–H and O–H groups in total. The van der Waals surface area contributed by atoms with E-state index in [-0.39, 0.29) is 6.04 Å². The predicted molar refractivity (Wildman–Crippen MR) is 62.8 cm³/mol. The molecule has 3 nitrogen and oxygen atoms in total. The molecule has 1 aliphatic carbocycles. The van der Waals surface area contributed by atoms with Crippen molar-refractivity contribution in [2.24, 2.45) is 0 Å². The van der Waals surface area contributed by atoms with Crippen LogP contribution in [0.5, 0.6) is 0 Å². The second-order valence-corrected chi connectivity index (χ2v) is 5.80. The molecule has 0 saturated heterocycles. The first-order valence-electron chi connectivity index (χ1n) is 4.92. The second-order valence-electron chi connectivity index (χ2n) is 4.03. The van der Waals surface area contributed by atoms with Gasteiger partial charge in [-0.1, -0.05) is 18.2 Å². The van der Waals surface area contributed by atoms with Crippen molar-refractivity contribution < 1.29 is 8.42 Å². The van der Waals surface area contributed by atoms with Gasteiger partial charge in [0.05, 0.1) is 4.91 Å². The molecule has 0 spiro atoms. The molecule has 0 atom stereocenters. The van der Waals surface area contributed by atoms with E-state index in [9.17, 15) is 8.42 Å². The fourth-order valence-electron chi connectivity index (χ4n) is 1.37. The summed E-state index contributed by atoms with van der Waals surface area (Å²) in [6.45, 7) is 9.27. The van der Waals surface area contributed by atoms with Crippen molar-refractivity contribution in [2.75, 3.05) is 0 Å². The summed E-state index contributed by atoms with van der Waals surface area (Å²) in [7, 11) is -3.31. The van der Waals surface area contributed by atoms with Gasteiger partial charge in [0.25, 0.3) is 0 Å². The number of nitrogens with one attached hydrogen (secondary N) is 1. The van der Waals surface area contributed by atoms with E-state index >= 15 is 0 Å². The van der Waals surface area contributed by atoms with Crippen molar-refractivity contribution in [1.82, 2.24) is 4.72 Å². The van der Waals surface area contributed by atoms with Crippen molar-refractivity contribution in [3.05, 3.63) is 34.8 Å². The highest BCUT2D eigenvalue weighted by Crippen LogP contribution is 2.25. The molecule has 0 amide bonds. The van der Waals surface area contributed by atoms with Crippen LogP contribution in [0.25, 0.3) is 0 Å². The second kappa shape index (κ2) is 4.33. The molecule has 0 saturated carbocycles. The van der Waals surface area contributed by atoms with E-state index in [2.05, 4.69) is 11.3 Å². The van der Waals surface area contributed by atoms with Crippen LogP contribution in [-0.4, -0.2) is 14.5 Å². The third-order valence-corrected chi connectivity index (χ3v) is 3.83. The van der Waals surface area contributed by atoms with Gasteiger partial charge < -0.3 is 0 Å². The Bertz CT molecular complexity index is 428. The van der Waals surface area contributed by atoms with E-state index in [0.29, 0.717) is 11.3 Å². The number of rotatable bonds is 4. The molecule has 0 aliphatic heterocycles. The van der Waals surface area contributed by atoms with E-state index in [1.54, 1.807) is 19.9 Å². The van der Waals surface area contributed by atoms with Gasteiger partial charge in [-0.25, -0.2) is 13.1 Å². The molecule has 0 aromatic carbocycles. The monoisotopic (exact) mass is 227 g/mol. The molecule has 15 heavy (non-hydrogen) atoms. The molecule has 0 bridgehead atoms. The third-order valence-electron chi connectivity index (χ3n) is 2.07. The topological polar surface area (TPSA) is 46.2 Å². The zero-order valence-electron chi connectivity index (χ0n) is 9.37. The van der Waals surface area contributed by atoms with Crippen LogP contribution in [0.15, 0.2) is 34.8 Å².